The van der Waals surface area contributed by atoms with Crippen molar-refractivity contribution in [1.82, 2.24) is 19.9 Å². The molecule has 1 fully saturated rings. The van der Waals surface area contributed by atoms with Crippen molar-refractivity contribution < 1.29 is 0 Å². The molecule has 0 bridgehead atoms. The molecule has 0 radical (unpaired) electrons. The van der Waals surface area contributed by atoms with Crippen LogP contribution < -0.4 is 10.2 Å². The van der Waals surface area contributed by atoms with E-state index >= 15 is 0 Å². The van der Waals surface area contributed by atoms with Gasteiger partial charge in [0.15, 0.2) is 11.0 Å². The number of aryl methyl sites for hydroxylation is 1. The standard InChI is InChI=1S/C15H17N5S/c1-19-13-5-3-2-4-11(13)17-14(19)12-10-21-15(18-12)20-8-6-16-7-9-20/h2-5,10,16H,6-9H2,1H3. The van der Waals surface area contributed by atoms with Crippen LogP contribution in [0.2, 0.25) is 0 Å². The number of nitrogens with zero attached hydrogens (tertiary/aromatic N) is 4. The Hall–Kier alpha value is -1.92. The number of thiazole rings is 1. The van der Waals surface area contributed by atoms with Crippen LogP contribution >= 0.6 is 11.3 Å². The summed E-state index contributed by atoms with van der Waals surface area (Å²) in [5, 5.41) is 6.57. The molecule has 5 nitrogen and oxygen atoms in total. The van der Waals surface area contributed by atoms with E-state index in [-0.39, 0.29) is 0 Å². The quantitative estimate of drug-likeness (QED) is 0.787. The van der Waals surface area contributed by atoms with Crippen LogP contribution in [-0.2, 0) is 7.05 Å². The fourth-order valence-electron chi connectivity index (χ4n) is 2.74. The van der Waals surface area contributed by atoms with Crippen molar-refractivity contribution in [2.75, 3.05) is 31.1 Å². The molecule has 1 N–H and O–H groups in total. The maximum atomic E-state index is 4.79. The van der Waals surface area contributed by atoms with Crippen molar-refractivity contribution in [3.05, 3.63) is 29.6 Å². The van der Waals surface area contributed by atoms with Gasteiger partial charge in [0.25, 0.3) is 0 Å². The summed E-state index contributed by atoms with van der Waals surface area (Å²) in [6.07, 6.45) is 0. The van der Waals surface area contributed by atoms with E-state index in [1.165, 1.54) is 0 Å². The fourth-order valence-corrected chi connectivity index (χ4v) is 3.60. The number of para-hydroxylation sites is 2. The molecule has 0 aliphatic carbocycles. The maximum Gasteiger partial charge on any atom is 0.186 e. The second-order valence-electron chi connectivity index (χ2n) is 5.24. The molecule has 0 atom stereocenters. The predicted octanol–water partition coefficient (Wildman–Crippen LogP) is 2.11. The van der Waals surface area contributed by atoms with E-state index in [0.717, 1.165) is 53.9 Å². The van der Waals surface area contributed by atoms with Gasteiger partial charge in [0.05, 0.1) is 11.0 Å². The SMILES string of the molecule is Cn1c(-c2csc(N3CCNCC3)n2)nc2ccccc21. The highest BCUT2D eigenvalue weighted by molar-refractivity contribution is 7.14. The topological polar surface area (TPSA) is 46.0 Å². The van der Waals surface area contributed by atoms with Gasteiger partial charge in [0.1, 0.15) is 5.69 Å². The van der Waals surface area contributed by atoms with E-state index in [1.807, 2.05) is 18.2 Å². The van der Waals surface area contributed by atoms with Crippen LogP contribution in [0.1, 0.15) is 0 Å². The third-order valence-corrected chi connectivity index (χ3v) is 4.80. The number of hydrogen-bond acceptors (Lipinski definition) is 5. The Bertz CT molecular complexity index is 769. The van der Waals surface area contributed by atoms with Crippen LogP contribution in [0.25, 0.3) is 22.6 Å². The van der Waals surface area contributed by atoms with Crippen molar-refractivity contribution in [2.45, 2.75) is 0 Å². The Kier molecular flexibility index (Phi) is 3.12. The first-order valence-corrected chi connectivity index (χ1v) is 8.04. The second-order valence-corrected chi connectivity index (χ2v) is 6.07. The minimum atomic E-state index is 0.939. The molecule has 0 amide bonds. The predicted molar refractivity (Wildman–Crippen MR) is 86.9 cm³/mol. The summed E-state index contributed by atoms with van der Waals surface area (Å²) >= 11 is 1.70. The number of imidazole rings is 1. The zero-order valence-corrected chi connectivity index (χ0v) is 12.7. The lowest BCUT2D eigenvalue weighted by Crippen LogP contribution is -2.43. The Morgan fingerprint density at radius 1 is 1.14 bits per heavy atom. The number of aromatic nitrogens is 3. The van der Waals surface area contributed by atoms with Crippen molar-refractivity contribution in [1.29, 1.82) is 0 Å². The third kappa shape index (κ3) is 2.20. The van der Waals surface area contributed by atoms with E-state index < -0.39 is 0 Å². The summed E-state index contributed by atoms with van der Waals surface area (Å²) in [5.41, 5.74) is 3.13. The molecular formula is C15H17N5S. The average molecular weight is 299 g/mol. The van der Waals surface area contributed by atoms with Crippen molar-refractivity contribution in [2.24, 2.45) is 7.05 Å². The maximum absolute atomic E-state index is 4.79. The normalized spacial score (nSPS) is 15.8. The van der Waals surface area contributed by atoms with Crippen LogP contribution in [0.15, 0.2) is 29.6 Å². The zero-order valence-electron chi connectivity index (χ0n) is 11.9. The summed E-state index contributed by atoms with van der Waals surface area (Å²) in [5.74, 6) is 0.939. The Morgan fingerprint density at radius 2 is 1.95 bits per heavy atom. The van der Waals surface area contributed by atoms with E-state index in [9.17, 15) is 0 Å². The zero-order chi connectivity index (χ0) is 14.2. The highest BCUT2D eigenvalue weighted by Crippen LogP contribution is 2.28. The molecule has 0 unspecified atom stereocenters. The molecule has 108 valence electrons. The van der Waals surface area contributed by atoms with Gasteiger partial charge in [-0.2, -0.15) is 0 Å². The molecule has 1 aromatic carbocycles. The number of piperazine rings is 1. The Balaban J connectivity index is 1.72. The minimum absolute atomic E-state index is 0.939. The smallest absolute Gasteiger partial charge is 0.186 e. The Labute approximate surface area is 127 Å². The number of anilines is 1. The minimum Gasteiger partial charge on any atom is -0.346 e. The van der Waals surface area contributed by atoms with Crippen LogP contribution in [0, 0.1) is 0 Å². The summed E-state index contributed by atoms with van der Waals surface area (Å²) in [4.78, 5) is 11.9. The lowest BCUT2D eigenvalue weighted by molar-refractivity contribution is 0.588. The molecule has 1 aliphatic rings. The van der Waals surface area contributed by atoms with Crippen molar-refractivity contribution in [3.63, 3.8) is 0 Å². The average Bonchev–Trinajstić information content (AvgIpc) is 3.14. The number of fused-ring (bicyclic) bond motifs is 1. The highest BCUT2D eigenvalue weighted by Gasteiger charge is 2.17. The number of hydrogen-bond donors (Lipinski definition) is 1. The van der Waals surface area contributed by atoms with Gasteiger partial charge in [-0.05, 0) is 12.1 Å². The van der Waals surface area contributed by atoms with Gasteiger partial charge < -0.3 is 14.8 Å². The van der Waals surface area contributed by atoms with Gasteiger partial charge >= 0.3 is 0 Å². The van der Waals surface area contributed by atoms with Crippen LogP contribution in [0.5, 0.6) is 0 Å². The molecule has 0 saturated carbocycles. The third-order valence-electron chi connectivity index (χ3n) is 3.90. The van der Waals surface area contributed by atoms with Crippen LogP contribution in [-0.4, -0.2) is 40.7 Å². The van der Waals surface area contributed by atoms with Crippen molar-refractivity contribution >= 4 is 27.5 Å². The lowest BCUT2D eigenvalue weighted by atomic mass is 10.3. The highest BCUT2D eigenvalue weighted by atomic mass is 32.1. The molecule has 0 spiro atoms. The lowest BCUT2D eigenvalue weighted by Gasteiger charge is -2.26. The number of rotatable bonds is 2. The molecule has 3 heterocycles. The molecular weight excluding hydrogens is 282 g/mol. The van der Waals surface area contributed by atoms with E-state index in [2.05, 4.69) is 33.3 Å². The monoisotopic (exact) mass is 299 g/mol. The fraction of sp³-hybridized carbons (Fsp3) is 0.333. The van der Waals surface area contributed by atoms with Gasteiger partial charge in [-0.3, -0.25) is 0 Å². The molecule has 4 rings (SSSR count). The first kappa shape index (κ1) is 12.8. The summed E-state index contributed by atoms with van der Waals surface area (Å²) in [7, 11) is 2.05. The molecule has 21 heavy (non-hydrogen) atoms. The Morgan fingerprint density at radius 3 is 2.76 bits per heavy atom. The molecule has 1 aliphatic heterocycles. The number of nitrogens with one attached hydrogen (secondary N) is 1. The largest absolute Gasteiger partial charge is 0.346 e. The van der Waals surface area contributed by atoms with Gasteiger partial charge in [-0.1, -0.05) is 12.1 Å². The summed E-state index contributed by atoms with van der Waals surface area (Å²) in [6, 6.07) is 8.20. The molecule has 2 aromatic heterocycles. The van der Waals surface area contributed by atoms with E-state index in [1.54, 1.807) is 11.3 Å². The number of benzene rings is 1. The van der Waals surface area contributed by atoms with Gasteiger partial charge in [-0.15, -0.1) is 11.3 Å². The first-order chi connectivity index (χ1) is 10.3. The summed E-state index contributed by atoms with van der Waals surface area (Å²) in [6.45, 7) is 4.10. The first-order valence-electron chi connectivity index (χ1n) is 7.16. The van der Waals surface area contributed by atoms with E-state index in [0.29, 0.717) is 0 Å². The van der Waals surface area contributed by atoms with Crippen molar-refractivity contribution in [3.8, 4) is 11.5 Å². The second kappa shape index (κ2) is 5.13. The van der Waals surface area contributed by atoms with Gasteiger partial charge in [-0.25, -0.2) is 9.97 Å². The van der Waals surface area contributed by atoms with Gasteiger partial charge in [0, 0.05) is 38.6 Å². The van der Waals surface area contributed by atoms with Gasteiger partial charge in [0.2, 0.25) is 0 Å². The molecule has 3 aromatic rings. The van der Waals surface area contributed by atoms with Crippen LogP contribution in [0.3, 0.4) is 0 Å². The van der Waals surface area contributed by atoms with Crippen LogP contribution in [0.4, 0.5) is 5.13 Å². The molecule has 6 heteroatoms. The summed E-state index contributed by atoms with van der Waals surface area (Å²) < 4.78 is 2.12. The molecule has 1 saturated heterocycles. The van der Waals surface area contributed by atoms with E-state index in [4.69, 9.17) is 9.97 Å².